The second-order valence-electron chi connectivity index (χ2n) is 4.42. The fraction of sp³-hybridized carbons (Fsp3) is 0.636. The average Bonchev–Trinajstić information content (AvgIpc) is 2.64. The van der Waals surface area contributed by atoms with E-state index in [0.717, 1.165) is 12.3 Å². The maximum atomic E-state index is 11.9. The van der Waals surface area contributed by atoms with Gasteiger partial charge in [-0.1, -0.05) is 0 Å². The summed E-state index contributed by atoms with van der Waals surface area (Å²) < 4.78 is 10.2. The maximum absolute atomic E-state index is 11.9. The van der Waals surface area contributed by atoms with Crippen LogP contribution in [0.3, 0.4) is 0 Å². The van der Waals surface area contributed by atoms with Gasteiger partial charge in [0.05, 0.1) is 5.03 Å². The third-order valence-electron chi connectivity index (χ3n) is 2.56. The molecule has 0 aromatic carbocycles. The van der Waals surface area contributed by atoms with Gasteiger partial charge in [-0.25, -0.2) is 9.59 Å². The number of thiol groups is 1. The molecule has 0 atom stereocenters. The molecule has 18 heavy (non-hydrogen) atoms. The van der Waals surface area contributed by atoms with Gasteiger partial charge >= 0.3 is 11.9 Å². The number of rotatable bonds is 2. The van der Waals surface area contributed by atoms with Crippen molar-refractivity contribution in [2.45, 2.75) is 19.6 Å². The van der Waals surface area contributed by atoms with Crippen LogP contribution < -0.4 is 0 Å². The lowest BCUT2D eigenvalue weighted by molar-refractivity contribution is -0.222. The molecule has 2 rings (SSSR count). The van der Waals surface area contributed by atoms with E-state index in [-0.39, 0.29) is 5.57 Å². The zero-order valence-electron chi connectivity index (χ0n) is 10.3. The Labute approximate surface area is 115 Å². The summed E-state index contributed by atoms with van der Waals surface area (Å²) in [5.74, 6) is -0.894. The Morgan fingerprint density at radius 1 is 1.33 bits per heavy atom. The van der Waals surface area contributed by atoms with E-state index in [1.807, 2.05) is 4.90 Å². The van der Waals surface area contributed by atoms with Gasteiger partial charge in [0.25, 0.3) is 5.79 Å². The first-order chi connectivity index (χ1) is 8.44. The van der Waals surface area contributed by atoms with E-state index < -0.39 is 17.7 Å². The topological polar surface area (TPSA) is 55.8 Å². The van der Waals surface area contributed by atoms with Gasteiger partial charge in [0.15, 0.2) is 5.57 Å². The van der Waals surface area contributed by atoms with E-state index in [1.54, 1.807) is 0 Å². The molecule has 0 saturated carbocycles. The van der Waals surface area contributed by atoms with Gasteiger partial charge in [0.1, 0.15) is 0 Å². The highest BCUT2D eigenvalue weighted by molar-refractivity contribution is 8.03. The predicted octanol–water partition coefficient (Wildman–Crippen LogP) is 1.01. The first kappa shape index (κ1) is 13.6. The summed E-state index contributed by atoms with van der Waals surface area (Å²) >= 11 is 5.64. The zero-order chi connectivity index (χ0) is 13.3. The van der Waals surface area contributed by atoms with Crippen molar-refractivity contribution in [3.8, 4) is 0 Å². The molecule has 0 N–H and O–H groups in total. The first-order valence-electron chi connectivity index (χ1n) is 5.64. The van der Waals surface area contributed by atoms with Gasteiger partial charge in [-0.3, -0.25) is 0 Å². The fourth-order valence-corrected chi connectivity index (χ4v) is 3.26. The largest absolute Gasteiger partial charge is 0.419 e. The lowest BCUT2D eigenvalue weighted by Crippen LogP contribution is -2.43. The van der Waals surface area contributed by atoms with Gasteiger partial charge in [0.2, 0.25) is 0 Å². The Morgan fingerprint density at radius 2 is 1.94 bits per heavy atom. The molecular formula is C11H15NO4S2. The second-order valence-corrected chi connectivity index (χ2v) is 5.95. The molecule has 2 aliphatic rings. The van der Waals surface area contributed by atoms with Gasteiger partial charge < -0.3 is 14.4 Å². The maximum Gasteiger partial charge on any atom is 0.351 e. The van der Waals surface area contributed by atoms with Crippen LogP contribution in [0.15, 0.2) is 10.6 Å². The molecule has 2 fully saturated rings. The van der Waals surface area contributed by atoms with Crippen molar-refractivity contribution in [1.82, 2.24) is 4.90 Å². The number of hydrogen-bond donors (Lipinski definition) is 1. The van der Waals surface area contributed by atoms with E-state index >= 15 is 0 Å². The Hall–Kier alpha value is -0.820. The minimum Gasteiger partial charge on any atom is -0.419 e. The highest BCUT2D eigenvalue weighted by Gasteiger charge is 2.42. The number of carbonyl (C=O) groups is 2. The van der Waals surface area contributed by atoms with Crippen LogP contribution in [0.25, 0.3) is 0 Å². The average molecular weight is 289 g/mol. The molecule has 0 aromatic heterocycles. The molecule has 5 nitrogen and oxygen atoms in total. The van der Waals surface area contributed by atoms with E-state index in [9.17, 15) is 9.59 Å². The molecule has 0 spiro atoms. The SMILES string of the molecule is CC1(C)OC(=O)C(=C2SCCN2CCS)C(=O)O1. The van der Waals surface area contributed by atoms with Crippen molar-refractivity contribution in [3.63, 3.8) is 0 Å². The van der Waals surface area contributed by atoms with Gasteiger partial charge in [-0.15, -0.1) is 11.8 Å². The molecule has 0 unspecified atom stereocenters. The summed E-state index contributed by atoms with van der Waals surface area (Å²) in [6, 6.07) is 0. The van der Waals surface area contributed by atoms with E-state index in [4.69, 9.17) is 9.47 Å². The van der Waals surface area contributed by atoms with Gasteiger partial charge in [-0.05, 0) is 0 Å². The van der Waals surface area contributed by atoms with Crippen molar-refractivity contribution in [2.75, 3.05) is 24.6 Å². The van der Waals surface area contributed by atoms with Crippen molar-refractivity contribution in [1.29, 1.82) is 0 Å². The number of nitrogens with zero attached hydrogens (tertiary/aromatic N) is 1. The summed E-state index contributed by atoms with van der Waals surface area (Å²) in [6.07, 6.45) is 0. The minimum absolute atomic E-state index is 0.0126. The van der Waals surface area contributed by atoms with Crippen LogP contribution in [0.2, 0.25) is 0 Å². The van der Waals surface area contributed by atoms with Crippen LogP contribution in [-0.2, 0) is 19.1 Å². The number of thioether (sulfide) groups is 1. The molecule has 7 heteroatoms. The Morgan fingerprint density at radius 3 is 2.50 bits per heavy atom. The molecule has 2 saturated heterocycles. The Kier molecular flexibility index (Phi) is 3.82. The first-order valence-corrected chi connectivity index (χ1v) is 7.26. The van der Waals surface area contributed by atoms with Crippen molar-refractivity contribution in [2.24, 2.45) is 0 Å². The normalized spacial score (nSPS) is 23.2. The smallest absolute Gasteiger partial charge is 0.351 e. The third-order valence-corrected chi connectivity index (χ3v) is 3.88. The number of ether oxygens (including phenoxy) is 2. The summed E-state index contributed by atoms with van der Waals surface area (Å²) in [5, 5.41) is 0.648. The molecule has 0 radical (unpaired) electrons. The quantitative estimate of drug-likeness (QED) is 0.354. The molecule has 2 heterocycles. The highest BCUT2D eigenvalue weighted by Crippen LogP contribution is 2.34. The molecule has 0 aliphatic carbocycles. The van der Waals surface area contributed by atoms with Gasteiger partial charge in [-0.2, -0.15) is 12.6 Å². The number of esters is 2. The van der Waals surface area contributed by atoms with E-state index in [0.29, 0.717) is 17.3 Å². The molecule has 0 amide bonds. The van der Waals surface area contributed by atoms with Crippen LogP contribution in [0.5, 0.6) is 0 Å². The minimum atomic E-state index is -1.18. The van der Waals surface area contributed by atoms with Gasteiger partial charge in [0, 0.05) is 38.4 Å². The van der Waals surface area contributed by atoms with Crippen molar-refractivity contribution < 1.29 is 19.1 Å². The zero-order valence-corrected chi connectivity index (χ0v) is 12.0. The molecule has 2 aliphatic heterocycles. The molecule has 0 bridgehead atoms. The summed E-state index contributed by atoms with van der Waals surface area (Å²) in [7, 11) is 0. The van der Waals surface area contributed by atoms with Crippen molar-refractivity contribution in [3.05, 3.63) is 10.6 Å². The van der Waals surface area contributed by atoms with E-state index in [2.05, 4.69) is 12.6 Å². The molecular weight excluding hydrogens is 274 g/mol. The molecule has 100 valence electrons. The summed E-state index contributed by atoms with van der Waals surface area (Å²) in [5.41, 5.74) is 0.0126. The molecule has 0 aromatic rings. The standard InChI is InChI=1S/C11H15NO4S2/c1-11(2)15-9(13)7(10(14)16-11)8-12(3-5-17)4-6-18-8/h17H,3-6H2,1-2H3. The number of hydrogen-bond acceptors (Lipinski definition) is 7. The van der Waals surface area contributed by atoms with Crippen LogP contribution >= 0.6 is 24.4 Å². The number of carbonyl (C=O) groups excluding carboxylic acids is 2. The lowest BCUT2D eigenvalue weighted by atomic mass is 10.2. The lowest BCUT2D eigenvalue weighted by Gasteiger charge is -2.31. The monoisotopic (exact) mass is 289 g/mol. The Bertz CT molecular complexity index is 397. The van der Waals surface area contributed by atoms with Crippen LogP contribution in [-0.4, -0.2) is 47.2 Å². The summed E-state index contributed by atoms with van der Waals surface area (Å²) in [6.45, 7) is 4.57. The van der Waals surface area contributed by atoms with Crippen LogP contribution in [0.1, 0.15) is 13.8 Å². The fourth-order valence-electron chi connectivity index (χ4n) is 1.84. The third kappa shape index (κ3) is 2.61. The van der Waals surface area contributed by atoms with Crippen LogP contribution in [0, 0.1) is 0 Å². The van der Waals surface area contributed by atoms with E-state index in [1.165, 1.54) is 25.6 Å². The second kappa shape index (κ2) is 5.05. The summed E-state index contributed by atoms with van der Waals surface area (Å²) in [4.78, 5) is 25.8. The van der Waals surface area contributed by atoms with Crippen LogP contribution in [0.4, 0.5) is 0 Å². The number of cyclic esters (lactones) is 2. The predicted molar refractivity (Wildman–Crippen MR) is 71.2 cm³/mol. The van der Waals surface area contributed by atoms with Crippen molar-refractivity contribution >= 4 is 36.3 Å². The Balaban J connectivity index is 2.31. The highest BCUT2D eigenvalue weighted by atomic mass is 32.2.